The summed E-state index contributed by atoms with van der Waals surface area (Å²) in [4.78, 5) is 0. The monoisotopic (exact) mass is 304 g/mol. The van der Waals surface area contributed by atoms with Crippen LogP contribution in [-0.4, -0.2) is 12.3 Å². The summed E-state index contributed by atoms with van der Waals surface area (Å²) in [5.41, 5.74) is -0.908. The summed E-state index contributed by atoms with van der Waals surface area (Å²) in [5, 5.41) is 0. The van der Waals surface area contributed by atoms with Crippen molar-refractivity contribution in [3.8, 4) is 0 Å². The van der Waals surface area contributed by atoms with Gasteiger partial charge >= 0.3 is 0 Å². The molecule has 0 aromatic carbocycles. The molecule has 0 fully saturated rings. The third-order valence-corrected chi connectivity index (χ3v) is 4.62. The van der Waals surface area contributed by atoms with Crippen LogP contribution >= 0.6 is 0 Å². The van der Waals surface area contributed by atoms with Crippen molar-refractivity contribution in [2.45, 2.75) is 116 Å². The average molecular weight is 305 g/mol. The van der Waals surface area contributed by atoms with Crippen LogP contribution in [0.25, 0.3) is 0 Å². The van der Waals surface area contributed by atoms with E-state index in [1.807, 2.05) is 6.92 Å². The highest BCUT2D eigenvalue weighted by molar-refractivity contribution is 4.77. The second kappa shape index (κ2) is 14.8. The van der Waals surface area contributed by atoms with Gasteiger partial charge in [0.1, 0.15) is 5.67 Å². The standard InChI is InChI=1S/C19H38F2/c1-3-5-6-13-16-19(21,4-2)17-14-11-9-7-8-10-12-15-18-20/h3-18H2,1-2H3. The molecule has 0 amide bonds. The lowest BCUT2D eigenvalue weighted by Crippen LogP contribution is -2.21. The van der Waals surface area contributed by atoms with Crippen molar-refractivity contribution < 1.29 is 8.78 Å². The highest BCUT2D eigenvalue weighted by Gasteiger charge is 2.25. The van der Waals surface area contributed by atoms with Crippen LogP contribution in [0.15, 0.2) is 0 Å². The summed E-state index contributed by atoms with van der Waals surface area (Å²) in [6, 6.07) is 0. The predicted octanol–water partition coefficient (Wildman–Crippen LogP) is 7.56. The SMILES string of the molecule is CCCCCCC(F)(CC)CCCCCCCCCCF. The molecule has 0 rings (SSSR count). The highest BCUT2D eigenvalue weighted by atomic mass is 19.1. The molecule has 1 unspecified atom stereocenters. The van der Waals surface area contributed by atoms with Gasteiger partial charge < -0.3 is 0 Å². The fraction of sp³-hybridized carbons (Fsp3) is 1.00. The molecule has 0 heterocycles. The molecule has 2 heteroatoms. The molecule has 0 saturated carbocycles. The van der Waals surface area contributed by atoms with Crippen molar-refractivity contribution in [2.24, 2.45) is 0 Å². The number of unbranched alkanes of at least 4 members (excludes halogenated alkanes) is 10. The Bertz CT molecular complexity index is 206. The summed E-state index contributed by atoms with van der Waals surface area (Å²) in [7, 11) is 0. The van der Waals surface area contributed by atoms with Crippen molar-refractivity contribution in [2.75, 3.05) is 6.67 Å². The van der Waals surface area contributed by atoms with Crippen molar-refractivity contribution in [3.63, 3.8) is 0 Å². The molecule has 0 aliphatic carbocycles. The highest BCUT2D eigenvalue weighted by Crippen LogP contribution is 2.30. The van der Waals surface area contributed by atoms with E-state index in [2.05, 4.69) is 6.92 Å². The Balaban J connectivity index is 3.48. The normalized spacial score (nSPS) is 14.3. The number of rotatable bonds is 16. The van der Waals surface area contributed by atoms with Crippen molar-refractivity contribution in [3.05, 3.63) is 0 Å². The third-order valence-electron chi connectivity index (χ3n) is 4.62. The average Bonchev–Trinajstić information content (AvgIpc) is 2.50. The lowest BCUT2D eigenvalue weighted by molar-refractivity contribution is 0.122. The second-order valence-corrected chi connectivity index (χ2v) is 6.58. The Morgan fingerprint density at radius 3 is 1.48 bits per heavy atom. The second-order valence-electron chi connectivity index (χ2n) is 6.58. The van der Waals surface area contributed by atoms with Crippen molar-refractivity contribution in [1.29, 1.82) is 0 Å². The fourth-order valence-corrected chi connectivity index (χ4v) is 2.94. The Morgan fingerprint density at radius 2 is 1.05 bits per heavy atom. The summed E-state index contributed by atoms with van der Waals surface area (Å²) >= 11 is 0. The topological polar surface area (TPSA) is 0 Å². The predicted molar refractivity (Wildman–Crippen MR) is 90.4 cm³/mol. The lowest BCUT2D eigenvalue weighted by atomic mass is 9.89. The molecule has 0 saturated heterocycles. The molecule has 21 heavy (non-hydrogen) atoms. The first-order valence-corrected chi connectivity index (χ1v) is 9.43. The summed E-state index contributed by atoms with van der Waals surface area (Å²) < 4.78 is 26.5. The largest absolute Gasteiger partial charge is 0.251 e. The van der Waals surface area contributed by atoms with Crippen LogP contribution in [0.2, 0.25) is 0 Å². The zero-order chi connectivity index (χ0) is 15.8. The van der Waals surface area contributed by atoms with Gasteiger partial charge in [-0.25, -0.2) is 4.39 Å². The molecule has 0 aromatic rings. The van der Waals surface area contributed by atoms with E-state index in [0.717, 1.165) is 51.4 Å². The molecular formula is C19H38F2. The van der Waals surface area contributed by atoms with Crippen LogP contribution in [0.3, 0.4) is 0 Å². The first-order valence-electron chi connectivity index (χ1n) is 9.43. The Morgan fingerprint density at radius 1 is 0.619 bits per heavy atom. The zero-order valence-electron chi connectivity index (χ0n) is 14.6. The lowest BCUT2D eigenvalue weighted by Gasteiger charge is -2.24. The first kappa shape index (κ1) is 20.9. The van der Waals surface area contributed by atoms with Crippen LogP contribution in [-0.2, 0) is 0 Å². The van der Waals surface area contributed by atoms with E-state index in [-0.39, 0.29) is 6.67 Å². The van der Waals surface area contributed by atoms with Gasteiger partial charge in [-0.15, -0.1) is 0 Å². The van der Waals surface area contributed by atoms with Gasteiger partial charge in [-0.1, -0.05) is 84.5 Å². The van der Waals surface area contributed by atoms with Crippen LogP contribution in [0, 0.1) is 0 Å². The molecule has 0 radical (unpaired) electrons. The maximum atomic E-state index is 14.6. The quantitative estimate of drug-likeness (QED) is 0.258. The summed E-state index contributed by atoms with van der Waals surface area (Å²) in [5.74, 6) is 0. The first-order chi connectivity index (χ1) is 10.2. The Kier molecular flexibility index (Phi) is 14.7. The van der Waals surface area contributed by atoms with E-state index in [4.69, 9.17) is 0 Å². The maximum Gasteiger partial charge on any atom is 0.110 e. The molecule has 0 aliphatic heterocycles. The van der Waals surface area contributed by atoms with E-state index in [1.165, 1.54) is 38.5 Å². The molecule has 0 N–H and O–H groups in total. The zero-order valence-corrected chi connectivity index (χ0v) is 14.6. The maximum absolute atomic E-state index is 14.6. The molecule has 0 aromatic heterocycles. The molecule has 0 spiro atoms. The van der Waals surface area contributed by atoms with E-state index in [9.17, 15) is 8.78 Å². The minimum absolute atomic E-state index is 0.173. The molecular weight excluding hydrogens is 266 g/mol. The number of hydrogen-bond donors (Lipinski definition) is 0. The van der Waals surface area contributed by atoms with Gasteiger partial charge in [0.25, 0.3) is 0 Å². The smallest absolute Gasteiger partial charge is 0.110 e. The number of alkyl halides is 2. The van der Waals surface area contributed by atoms with Crippen LogP contribution in [0.5, 0.6) is 0 Å². The minimum Gasteiger partial charge on any atom is -0.251 e. The number of hydrogen-bond acceptors (Lipinski definition) is 0. The third kappa shape index (κ3) is 13.3. The molecule has 1 atom stereocenters. The van der Waals surface area contributed by atoms with Crippen molar-refractivity contribution >= 4 is 0 Å². The van der Waals surface area contributed by atoms with Crippen LogP contribution in [0.1, 0.15) is 110 Å². The van der Waals surface area contributed by atoms with E-state index < -0.39 is 5.67 Å². The summed E-state index contributed by atoms with van der Waals surface area (Å²) in [6.07, 6.45) is 15.6. The minimum atomic E-state index is -0.908. The van der Waals surface area contributed by atoms with Gasteiger partial charge in [0.2, 0.25) is 0 Å². The Hall–Kier alpha value is -0.140. The van der Waals surface area contributed by atoms with Crippen LogP contribution in [0.4, 0.5) is 8.78 Å². The van der Waals surface area contributed by atoms with E-state index in [1.54, 1.807) is 0 Å². The van der Waals surface area contributed by atoms with Gasteiger partial charge in [0.05, 0.1) is 6.67 Å². The van der Waals surface area contributed by atoms with Gasteiger partial charge in [-0.2, -0.15) is 0 Å². The van der Waals surface area contributed by atoms with Gasteiger partial charge in [0, 0.05) is 0 Å². The number of halogens is 2. The summed E-state index contributed by atoms with van der Waals surface area (Å²) in [6.45, 7) is 4.01. The van der Waals surface area contributed by atoms with Gasteiger partial charge in [-0.05, 0) is 25.7 Å². The van der Waals surface area contributed by atoms with E-state index >= 15 is 0 Å². The molecule has 128 valence electrons. The Labute approximate surface area is 132 Å². The van der Waals surface area contributed by atoms with Gasteiger partial charge in [-0.3, -0.25) is 4.39 Å². The van der Waals surface area contributed by atoms with Crippen LogP contribution < -0.4 is 0 Å². The molecule has 0 bridgehead atoms. The fourth-order valence-electron chi connectivity index (χ4n) is 2.94. The molecule has 0 nitrogen and oxygen atoms in total. The van der Waals surface area contributed by atoms with Crippen molar-refractivity contribution in [1.82, 2.24) is 0 Å². The van der Waals surface area contributed by atoms with E-state index in [0.29, 0.717) is 6.42 Å². The molecule has 0 aliphatic rings. The van der Waals surface area contributed by atoms with Gasteiger partial charge in [0.15, 0.2) is 0 Å².